The predicted octanol–water partition coefficient (Wildman–Crippen LogP) is 2.86. The molecule has 2 rings (SSSR count). The topological polar surface area (TPSA) is 53.9 Å². The lowest BCUT2D eigenvalue weighted by Crippen LogP contribution is -2.20. The lowest BCUT2D eigenvalue weighted by molar-refractivity contribution is 0.854. The van der Waals surface area contributed by atoms with Crippen molar-refractivity contribution in [2.75, 3.05) is 24.3 Å². The molecule has 19 heavy (non-hydrogen) atoms. The second kappa shape index (κ2) is 6.04. The molecule has 0 radical (unpaired) electrons. The summed E-state index contributed by atoms with van der Waals surface area (Å²) in [6.07, 6.45) is 0. The summed E-state index contributed by atoms with van der Waals surface area (Å²) in [5.41, 5.74) is 0.995. The lowest BCUT2D eigenvalue weighted by Gasteiger charge is -2.18. The third-order valence-electron chi connectivity index (χ3n) is 2.53. The van der Waals surface area contributed by atoms with Gasteiger partial charge in [-0.15, -0.1) is 0 Å². The average molecular weight is 298 g/mol. The number of benzene rings is 1. The van der Waals surface area contributed by atoms with Gasteiger partial charge in [-0.2, -0.15) is 15.0 Å². The van der Waals surface area contributed by atoms with E-state index >= 15 is 0 Å². The zero-order valence-electron chi connectivity index (χ0n) is 10.6. The minimum atomic E-state index is 0.153. The zero-order valence-corrected chi connectivity index (χ0v) is 12.1. The molecular weight excluding hydrogens is 285 g/mol. The lowest BCUT2D eigenvalue weighted by atomic mass is 10.2. The number of nitrogens with one attached hydrogen (secondary N) is 1. The number of hydrogen-bond acceptors (Lipinski definition) is 5. The summed E-state index contributed by atoms with van der Waals surface area (Å²) in [5, 5.41) is 3.70. The minimum absolute atomic E-state index is 0.153. The molecule has 0 aliphatic rings. The van der Waals surface area contributed by atoms with E-state index in [4.69, 9.17) is 23.2 Å². The molecule has 1 heterocycles. The number of nitrogens with zero attached hydrogens (tertiary/aromatic N) is 4. The van der Waals surface area contributed by atoms with E-state index in [1.165, 1.54) is 0 Å². The van der Waals surface area contributed by atoms with Crippen molar-refractivity contribution in [3.05, 3.63) is 40.1 Å². The number of halogens is 2. The second-order valence-electron chi connectivity index (χ2n) is 3.93. The molecule has 7 heteroatoms. The van der Waals surface area contributed by atoms with Crippen LogP contribution in [0.1, 0.15) is 5.56 Å². The van der Waals surface area contributed by atoms with Crippen LogP contribution in [-0.4, -0.2) is 29.0 Å². The van der Waals surface area contributed by atoms with Crippen LogP contribution < -0.4 is 10.2 Å². The van der Waals surface area contributed by atoms with Crippen LogP contribution in [0.2, 0.25) is 10.3 Å². The molecule has 0 spiro atoms. The van der Waals surface area contributed by atoms with Crippen LogP contribution in [0.25, 0.3) is 0 Å². The fraction of sp³-hybridized carbons (Fsp3) is 0.250. The van der Waals surface area contributed by atoms with Gasteiger partial charge in [0.25, 0.3) is 0 Å². The summed E-state index contributed by atoms with van der Waals surface area (Å²) < 4.78 is 0. The molecule has 0 fully saturated rings. The Kier molecular flexibility index (Phi) is 4.39. The van der Waals surface area contributed by atoms with Gasteiger partial charge in [0, 0.05) is 25.7 Å². The first kappa shape index (κ1) is 13.8. The van der Waals surface area contributed by atoms with Crippen LogP contribution in [0, 0.1) is 0 Å². The maximum atomic E-state index is 6.13. The van der Waals surface area contributed by atoms with Crippen molar-refractivity contribution in [1.82, 2.24) is 15.0 Å². The third-order valence-corrected chi connectivity index (χ3v) is 3.06. The monoisotopic (exact) mass is 297 g/mol. The summed E-state index contributed by atoms with van der Waals surface area (Å²) in [5.74, 6) is 0.922. The highest BCUT2D eigenvalue weighted by Gasteiger charge is 2.10. The van der Waals surface area contributed by atoms with Crippen molar-refractivity contribution in [3.63, 3.8) is 0 Å². The van der Waals surface area contributed by atoms with Gasteiger partial charge in [-0.05, 0) is 23.2 Å². The zero-order chi connectivity index (χ0) is 13.8. The molecule has 1 aromatic carbocycles. The highest BCUT2D eigenvalue weighted by atomic mass is 35.5. The van der Waals surface area contributed by atoms with Crippen LogP contribution in [0.3, 0.4) is 0 Å². The average Bonchev–Trinajstić information content (AvgIpc) is 2.40. The van der Waals surface area contributed by atoms with Gasteiger partial charge >= 0.3 is 0 Å². The van der Waals surface area contributed by atoms with E-state index in [9.17, 15) is 0 Å². The second-order valence-corrected chi connectivity index (χ2v) is 4.67. The Morgan fingerprint density at radius 2 is 1.89 bits per heavy atom. The van der Waals surface area contributed by atoms with Crippen LogP contribution in [0.5, 0.6) is 0 Å². The van der Waals surface area contributed by atoms with Crippen LogP contribution in [0.4, 0.5) is 11.9 Å². The van der Waals surface area contributed by atoms with Gasteiger partial charge < -0.3 is 10.2 Å². The Hall–Kier alpha value is -1.59. The summed E-state index contributed by atoms with van der Waals surface area (Å²) in [7, 11) is 3.60. The maximum absolute atomic E-state index is 6.13. The molecule has 0 amide bonds. The molecule has 0 atom stereocenters. The Morgan fingerprint density at radius 3 is 2.58 bits per heavy atom. The summed E-state index contributed by atoms with van der Waals surface area (Å²) in [6, 6.07) is 7.64. The number of aromatic nitrogens is 3. The normalized spacial score (nSPS) is 10.3. The Labute approximate surface area is 121 Å². The van der Waals surface area contributed by atoms with Crippen molar-refractivity contribution >= 4 is 35.1 Å². The molecule has 0 aliphatic heterocycles. The first-order chi connectivity index (χ1) is 9.10. The van der Waals surface area contributed by atoms with Gasteiger partial charge in [0.1, 0.15) is 0 Å². The largest absolute Gasteiger partial charge is 0.357 e. The molecule has 0 aliphatic carbocycles. The maximum Gasteiger partial charge on any atom is 0.231 e. The van der Waals surface area contributed by atoms with E-state index in [-0.39, 0.29) is 5.28 Å². The van der Waals surface area contributed by atoms with E-state index in [0.29, 0.717) is 23.5 Å². The van der Waals surface area contributed by atoms with Gasteiger partial charge in [-0.25, -0.2) is 0 Å². The Balaban J connectivity index is 2.22. The van der Waals surface area contributed by atoms with Crippen molar-refractivity contribution in [2.24, 2.45) is 0 Å². The number of rotatable bonds is 4. The molecular formula is C12H13Cl2N5. The molecule has 0 saturated carbocycles. The van der Waals surface area contributed by atoms with Crippen LogP contribution in [0.15, 0.2) is 24.3 Å². The highest BCUT2D eigenvalue weighted by Crippen LogP contribution is 2.19. The van der Waals surface area contributed by atoms with E-state index in [0.717, 1.165) is 5.56 Å². The fourth-order valence-corrected chi connectivity index (χ4v) is 1.93. The number of anilines is 2. The van der Waals surface area contributed by atoms with Gasteiger partial charge in [0.05, 0.1) is 0 Å². The van der Waals surface area contributed by atoms with Crippen molar-refractivity contribution in [2.45, 2.75) is 6.54 Å². The Bertz CT molecular complexity index is 576. The van der Waals surface area contributed by atoms with Crippen LogP contribution >= 0.6 is 23.2 Å². The van der Waals surface area contributed by atoms with E-state index < -0.39 is 0 Å². The highest BCUT2D eigenvalue weighted by molar-refractivity contribution is 6.31. The predicted molar refractivity (Wildman–Crippen MR) is 77.9 cm³/mol. The van der Waals surface area contributed by atoms with Crippen molar-refractivity contribution in [1.29, 1.82) is 0 Å². The fourth-order valence-electron chi connectivity index (χ4n) is 1.57. The van der Waals surface area contributed by atoms with Gasteiger partial charge in [0.15, 0.2) is 0 Å². The molecule has 5 nitrogen and oxygen atoms in total. The summed E-state index contributed by atoms with van der Waals surface area (Å²) in [6.45, 7) is 0.586. The molecule has 1 N–H and O–H groups in total. The quantitative estimate of drug-likeness (QED) is 0.940. The molecule has 0 unspecified atom stereocenters. The third kappa shape index (κ3) is 3.45. The molecule has 100 valence electrons. The van der Waals surface area contributed by atoms with Gasteiger partial charge in [-0.1, -0.05) is 29.8 Å². The molecule has 0 bridgehead atoms. The van der Waals surface area contributed by atoms with Gasteiger partial charge in [0.2, 0.25) is 17.2 Å². The smallest absolute Gasteiger partial charge is 0.231 e. The standard InChI is InChI=1S/C12H13Cl2N5/c1-15-11-16-10(14)17-12(18-11)19(2)7-8-5-3-4-6-9(8)13/h3-6H,7H2,1-2H3,(H,15,16,17,18). The van der Waals surface area contributed by atoms with Crippen molar-refractivity contribution in [3.8, 4) is 0 Å². The summed E-state index contributed by atoms with van der Waals surface area (Å²) >= 11 is 12.0. The van der Waals surface area contributed by atoms with Gasteiger partial charge in [-0.3, -0.25) is 0 Å². The molecule has 2 aromatic rings. The van der Waals surface area contributed by atoms with E-state index in [1.807, 2.05) is 36.2 Å². The Morgan fingerprint density at radius 1 is 1.16 bits per heavy atom. The SMILES string of the molecule is CNc1nc(Cl)nc(N(C)Cc2ccccc2Cl)n1. The number of hydrogen-bond donors (Lipinski definition) is 1. The summed E-state index contributed by atoms with van der Waals surface area (Å²) in [4.78, 5) is 14.1. The molecule has 1 aromatic heterocycles. The first-order valence-electron chi connectivity index (χ1n) is 5.64. The van der Waals surface area contributed by atoms with E-state index in [2.05, 4.69) is 20.3 Å². The molecule has 0 saturated heterocycles. The van der Waals surface area contributed by atoms with E-state index in [1.54, 1.807) is 7.05 Å². The van der Waals surface area contributed by atoms with Crippen LogP contribution in [-0.2, 0) is 6.54 Å². The van der Waals surface area contributed by atoms with Crippen molar-refractivity contribution < 1.29 is 0 Å². The minimum Gasteiger partial charge on any atom is -0.357 e. The first-order valence-corrected chi connectivity index (χ1v) is 6.39.